The highest BCUT2D eigenvalue weighted by Gasteiger charge is 2.20. The molecule has 0 saturated heterocycles. The van der Waals surface area contributed by atoms with Gasteiger partial charge in [0.1, 0.15) is 0 Å². The van der Waals surface area contributed by atoms with E-state index < -0.39 is 10.0 Å². The highest BCUT2D eigenvalue weighted by atomic mass is 32.2. The molecule has 0 heterocycles. The molecular weight excluding hydrogens is 779 g/mol. The van der Waals surface area contributed by atoms with Gasteiger partial charge in [-0.05, 0) is 45.8 Å². The molecule has 0 saturated carbocycles. The minimum absolute atomic E-state index is 0.0374. The first-order valence-corrected chi connectivity index (χ1v) is 21.5. The summed E-state index contributed by atoms with van der Waals surface area (Å²) in [5, 5.41) is 16.4. The van der Waals surface area contributed by atoms with E-state index in [1.807, 2.05) is 115 Å². The van der Waals surface area contributed by atoms with Crippen molar-refractivity contribution < 1.29 is 27.6 Å². The van der Waals surface area contributed by atoms with Gasteiger partial charge < -0.3 is 31.1 Å². The predicted molar refractivity (Wildman–Crippen MR) is 238 cm³/mol. The fourth-order valence-electron chi connectivity index (χ4n) is 7.13. The van der Waals surface area contributed by atoms with Crippen molar-refractivity contribution in [3.63, 3.8) is 0 Å². The van der Waals surface area contributed by atoms with Crippen LogP contribution in [0.5, 0.6) is 0 Å². The smallest absolute Gasteiger partial charge is 0.251 e. The summed E-state index contributed by atoms with van der Waals surface area (Å²) in [6, 6.07) is 37.1. The third kappa shape index (κ3) is 11.2. The second-order valence-corrected chi connectivity index (χ2v) is 16.3. The van der Waals surface area contributed by atoms with Crippen LogP contribution >= 0.6 is 0 Å². The highest BCUT2D eigenvalue weighted by molar-refractivity contribution is 7.89. The molecule has 4 amide bonds. The number of hydrogen-bond acceptors (Lipinski definition) is 8. The number of nitrogens with one attached hydrogen (secondary N) is 5. The van der Waals surface area contributed by atoms with E-state index in [1.165, 1.54) is 0 Å². The Bertz CT molecular complexity index is 2470. The highest BCUT2D eigenvalue weighted by Crippen LogP contribution is 2.30. The van der Waals surface area contributed by atoms with Gasteiger partial charge in [-0.3, -0.25) is 19.2 Å². The summed E-state index contributed by atoms with van der Waals surface area (Å²) in [7, 11) is -0.114. The van der Waals surface area contributed by atoms with Crippen LogP contribution in [0.25, 0.3) is 32.3 Å². The third-order valence-corrected chi connectivity index (χ3v) is 11.7. The van der Waals surface area contributed by atoms with Crippen molar-refractivity contribution in [3.05, 3.63) is 132 Å². The van der Waals surface area contributed by atoms with Gasteiger partial charge in [0.25, 0.3) is 11.8 Å². The monoisotopic (exact) mass is 829 g/mol. The number of benzene rings is 6. The molecule has 0 unspecified atom stereocenters. The van der Waals surface area contributed by atoms with Crippen LogP contribution in [0.3, 0.4) is 0 Å². The molecule has 13 nitrogen and oxygen atoms in total. The maximum atomic E-state index is 13.6. The lowest BCUT2D eigenvalue weighted by atomic mass is 10.0. The molecule has 6 aromatic carbocycles. The van der Waals surface area contributed by atoms with Crippen LogP contribution in [0.1, 0.15) is 33.6 Å². The normalized spacial score (nSPS) is 11.4. The van der Waals surface area contributed by atoms with E-state index >= 15 is 0 Å². The molecule has 0 fully saturated rings. The van der Waals surface area contributed by atoms with Crippen LogP contribution in [0.2, 0.25) is 0 Å². The first-order valence-electron chi connectivity index (χ1n) is 20.0. The molecule has 0 aromatic heterocycles. The molecule has 312 valence electrons. The fourth-order valence-corrected chi connectivity index (χ4v) is 8.37. The number of sulfonamides is 1. The molecule has 0 aliphatic heterocycles. The number of amides is 4. The van der Waals surface area contributed by atoms with E-state index in [1.54, 1.807) is 30.3 Å². The zero-order valence-corrected chi connectivity index (χ0v) is 34.7. The van der Waals surface area contributed by atoms with Crippen LogP contribution in [0, 0.1) is 0 Å². The Kier molecular flexibility index (Phi) is 14.8. The van der Waals surface area contributed by atoms with Gasteiger partial charge in [-0.25, -0.2) is 13.1 Å². The van der Waals surface area contributed by atoms with Crippen molar-refractivity contribution in [2.45, 2.75) is 17.7 Å². The van der Waals surface area contributed by atoms with E-state index in [2.05, 4.69) is 26.0 Å². The summed E-state index contributed by atoms with van der Waals surface area (Å²) in [6.07, 6.45) is 0.172. The Morgan fingerprint density at radius 3 is 1.48 bits per heavy atom. The first-order chi connectivity index (χ1) is 29.0. The first kappa shape index (κ1) is 43.2. The SMILES string of the molecule is CN(C)c1cccc2c(S(=O)(=O)NCCN(CCC(=O)NCCNC(=O)c3cccc4ccccc34)CCC(=O)NCCNC(=O)c3cccc4ccccc34)cccc12. The molecular formula is C46H51N7O6S. The maximum Gasteiger partial charge on any atom is 0.251 e. The van der Waals surface area contributed by atoms with Crippen molar-refractivity contribution in [1.82, 2.24) is 30.9 Å². The minimum atomic E-state index is -3.92. The van der Waals surface area contributed by atoms with E-state index in [0.29, 0.717) is 16.5 Å². The average molecular weight is 830 g/mol. The third-order valence-electron chi connectivity index (χ3n) is 10.2. The number of rotatable bonds is 20. The maximum absolute atomic E-state index is 13.6. The van der Waals surface area contributed by atoms with Crippen LogP contribution in [-0.4, -0.2) is 103 Å². The van der Waals surface area contributed by atoms with Crippen molar-refractivity contribution in [3.8, 4) is 0 Å². The second kappa shape index (κ2) is 20.6. The number of carbonyl (C=O) groups is 4. The Hall–Kier alpha value is -6.35. The summed E-state index contributed by atoms with van der Waals surface area (Å²) in [5.74, 6) is -0.971. The van der Waals surface area contributed by atoms with E-state index in [-0.39, 0.29) is 93.7 Å². The molecule has 5 N–H and O–H groups in total. The Balaban J connectivity index is 1.00. The van der Waals surface area contributed by atoms with E-state index in [0.717, 1.165) is 32.6 Å². The quantitative estimate of drug-likeness (QED) is 0.0693. The van der Waals surface area contributed by atoms with Crippen molar-refractivity contribution in [2.24, 2.45) is 0 Å². The second-order valence-electron chi connectivity index (χ2n) is 14.5. The number of nitrogens with zero attached hydrogens (tertiary/aromatic N) is 2. The summed E-state index contributed by atoms with van der Waals surface area (Å²) in [4.78, 5) is 55.6. The van der Waals surface area contributed by atoms with Gasteiger partial charge >= 0.3 is 0 Å². The van der Waals surface area contributed by atoms with Gasteiger partial charge in [0.05, 0.1) is 4.90 Å². The lowest BCUT2D eigenvalue weighted by Crippen LogP contribution is -2.40. The Labute approximate surface area is 350 Å². The van der Waals surface area contributed by atoms with Crippen molar-refractivity contribution >= 4 is 71.7 Å². The van der Waals surface area contributed by atoms with Gasteiger partial charge in [0.2, 0.25) is 21.8 Å². The van der Waals surface area contributed by atoms with Gasteiger partial charge in [0, 0.05) is 107 Å². The van der Waals surface area contributed by atoms with Crippen LogP contribution in [0.15, 0.2) is 126 Å². The number of fused-ring (bicyclic) bond motifs is 3. The molecule has 0 spiro atoms. The number of anilines is 1. The van der Waals surface area contributed by atoms with Crippen molar-refractivity contribution in [2.75, 3.05) is 71.4 Å². The molecule has 6 aromatic rings. The van der Waals surface area contributed by atoms with Crippen LogP contribution in [-0.2, 0) is 19.6 Å². The Morgan fingerprint density at radius 1 is 0.483 bits per heavy atom. The average Bonchev–Trinajstić information content (AvgIpc) is 3.26. The van der Waals surface area contributed by atoms with Gasteiger partial charge in [-0.2, -0.15) is 0 Å². The van der Waals surface area contributed by atoms with Gasteiger partial charge in [0.15, 0.2) is 0 Å². The number of carbonyl (C=O) groups excluding carboxylic acids is 4. The summed E-state index contributed by atoms with van der Waals surface area (Å²) in [6.45, 7) is 1.67. The minimum Gasteiger partial charge on any atom is -0.377 e. The lowest BCUT2D eigenvalue weighted by molar-refractivity contribution is -0.121. The van der Waals surface area contributed by atoms with Crippen molar-refractivity contribution in [1.29, 1.82) is 0 Å². The standard InChI is InChI=1S/C46H51N7O6S/c1-52(2)41-21-9-18-38-37(41)17-10-22-42(38)60(58,59)51-29-32-53(30-23-43(54)47-25-27-49-45(56)39-19-7-13-33-11-3-5-15-35(33)39)31-24-44(55)48-26-28-50-46(57)40-20-8-14-34-12-4-6-16-36(34)40/h3-22,51H,23-32H2,1-2H3,(H,47,54)(H,48,55)(H,49,56)(H,50,57). The fraction of sp³-hybridized carbons (Fsp3) is 0.261. The summed E-state index contributed by atoms with van der Waals surface area (Å²) >= 11 is 0. The molecule has 6 rings (SSSR count). The molecule has 60 heavy (non-hydrogen) atoms. The largest absolute Gasteiger partial charge is 0.377 e. The molecule has 0 aliphatic rings. The van der Waals surface area contributed by atoms with E-state index in [4.69, 9.17) is 0 Å². The molecule has 0 atom stereocenters. The topological polar surface area (TPSA) is 169 Å². The molecule has 0 radical (unpaired) electrons. The number of hydrogen-bond donors (Lipinski definition) is 5. The molecule has 0 bridgehead atoms. The lowest BCUT2D eigenvalue weighted by Gasteiger charge is -2.22. The summed E-state index contributed by atoms with van der Waals surface area (Å²) in [5.41, 5.74) is 2.00. The van der Waals surface area contributed by atoms with Crippen LogP contribution in [0.4, 0.5) is 5.69 Å². The summed E-state index contributed by atoms with van der Waals surface area (Å²) < 4.78 is 29.9. The van der Waals surface area contributed by atoms with Gasteiger partial charge in [-0.15, -0.1) is 0 Å². The van der Waals surface area contributed by atoms with E-state index in [9.17, 15) is 27.6 Å². The zero-order chi connectivity index (χ0) is 42.5. The Morgan fingerprint density at radius 2 is 0.933 bits per heavy atom. The predicted octanol–water partition coefficient (Wildman–Crippen LogP) is 4.67. The zero-order valence-electron chi connectivity index (χ0n) is 33.9. The molecule has 0 aliphatic carbocycles. The molecule has 14 heteroatoms. The van der Waals surface area contributed by atoms with Crippen LogP contribution < -0.4 is 30.9 Å². The van der Waals surface area contributed by atoms with Gasteiger partial charge in [-0.1, -0.05) is 97.1 Å².